The number of halogens is 2. The summed E-state index contributed by atoms with van der Waals surface area (Å²) in [6.45, 7) is 5.06. The monoisotopic (exact) mass is 441 g/mol. The standard InChI is InChI=1S/C19H23N5OS.2ClH/c1-11-14(6-4-8-20-11)22-19(25)13-10-15(16-7-5-9-26-16)21-18-17(13)12(2)23-24(18)3;;/h5,7,9-11,14,20H,4,6,8H2,1-3H3,(H,22,25);2*1H. The first kappa shape index (κ1) is 22.6. The van der Waals surface area contributed by atoms with Crippen molar-refractivity contribution in [3.63, 3.8) is 0 Å². The zero-order valence-corrected chi connectivity index (χ0v) is 18.5. The molecule has 1 saturated heterocycles. The molecule has 1 amide bonds. The largest absolute Gasteiger partial charge is 0.348 e. The summed E-state index contributed by atoms with van der Waals surface area (Å²) in [6, 6.07) is 6.34. The second kappa shape index (κ2) is 9.22. The zero-order chi connectivity index (χ0) is 18.3. The highest BCUT2D eigenvalue weighted by Crippen LogP contribution is 2.29. The van der Waals surface area contributed by atoms with Gasteiger partial charge in [-0.1, -0.05) is 6.07 Å². The number of pyridine rings is 1. The van der Waals surface area contributed by atoms with E-state index in [9.17, 15) is 4.79 Å². The van der Waals surface area contributed by atoms with Crippen molar-refractivity contribution in [1.29, 1.82) is 0 Å². The Balaban J connectivity index is 0.00000140. The van der Waals surface area contributed by atoms with Gasteiger partial charge >= 0.3 is 0 Å². The number of amides is 1. The summed E-state index contributed by atoms with van der Waals surface area (Å²) in [7, 11) is 1.87. The molecule has 0 aromatic carbocycles. The Morgan fingerprint density at radius 1 is 1.39 bits per heavy atom. The third kappa shape index (κ3) is 4.17. The van der Waals surface area contributed by atoms with E-state index < -0.39 is 0 Å². The van der Waals surface area contributed by atoms with E-state index in [-0.39, 0.29) is 42.8 Å². The van der Waals surface area contributed by atoms with E-state index in [4.69, 9.17) is 4.98 Å². The Hall–Kier alpha value is -1.67. The summed E-state index contributed by atoms with van der Waals surface area (Å²) in [5, 5.41) is 14.0. The van der Waals surface area contributed by atoms with Crippen LogP contribution in [0.4, 0.5) is 0 Å². The molecule has 0 aliphatic carbocycles. The molecule has 0 bridgehead atoms. The zero-order valence-electron chi connectivity index (χ0n) is 16.1. The number of carbonyl (C=O) groups excluding carboxylic acids is 1. The average molecular weight is 442 g/mol. The van der Waals surface area contributed by atoms with Crippen molar-refractivity contribution in [2.75, 3.05) is 6.54 Å². The molecule has 1 aliphatic rings. The first-order chi connectivity index (χ1) is 12.5. The van der Waals surface area contributed by atoms with Gasteiger partial charge in [-0.2, -0.15) is 5.10 Å². The molecule has 9 heteroatoms. The van der Waals surface area contributed by atoms with Crippen LogP contribution < -0.4 is 10.6 Å². The van der Waals surface area contributed by atoms with E-state index in [1.807, 2.05) is 37.6 Å². The minimum absolute atomic E-state index is 0. The Morgan fingerprint density at radius 2 is 2.18 bits per heavy atom. The van der Waals surface area contributed by atoms with Crippen molar-refractivity contribution in [2.24, 2.45) is 7.05 Å². The number of nitrogens with one attached hydrogen (secondary N) is 2. The number of aromatic nitrogens is 3. The molecule has 3 aromatic rings. The van der Waals surface area contributed by atoms with Crippen molar-refractivity contribution in [1.82, 2.24) is 25.4 Å². The predicted octanol–water partition coefficient (Wildman–Crippen LogP) is 3.72. The molecule has 3 aromatic heterocycles. The lowest BCUT2D eigenvalue weighted by Crippen LogP contribution is -2.51. The van der Waals surface area contributed by atoms with Crippen LogP contribution in [-0.2, 0) is 7.05 Å². The molecule has 1 fully saturated rings. The first-order valence-corrected chi connectivity index (χ1v) is 9.85. The maximum Gasteiger partial charge on any atom is 0.252 e. The minimum Gasteiger partial charge on any atom is -0.348 e. The molecule has 6 nitrogen and oxygen atoms in total. The molecule has 4 heterocycles. The van der Waals surface area contributed by atoms with Crippen LogP contribution in [0.25, 0.3) is 21.6 Å². The van der Waals surface area contributed by atoms with Gasteiger partial charge in [-0.05, 0) is 50.7 Å². The highest BCUT2D eigenvalue weighted by Gasteiger charge is 2.25. The van der Waals surface area contributed by atoms with Crippen LogP contribution in [0.3, 0.4) is 0 Å². The number of thiophene rings is 1. The first-order valence-electron chi connectivity index (χ1n) is 8.97. The molecule has 0 radical (unpaired) electrons. The number of hydrogen-bond donors (Lipinski definition) is 2. The van der Waals surface area contributed by atoms with Gasteiger partial charge in [-0.25, -0.2) is 4.98 Å². The van der Waals surface area contributed by atoms with Crippen molar-refractivity contribution < 1.29 is 4.79 Å². The van der Waals surface area contributed by atoms with Crippen LogP contribution in [0, 0.1) is 6.92 Å². The lowest BCUT2D eigenvalue weighted by Gasteiger charge is -2.30. The highest BCUT2D eigenvalue weighted by molar-refractivity contribution is 7.13. The molecule has 0 spiro atoms. The number of fused-ring (bicyclic) bond motifs is 1. The van der Waals surface area contributed by atoms with E-state index in [1.165, 1.54) is 0 Å². The van der Waals surface area contributed by atoms with Crippen molar-refractivity contribution in [2.45, 2.75) is 38.8 Å². The van der Waals surface area contributed by atoms with Crippen molar-refractivity contribution in [3.8, 4) is 10.6 Å². The van der Waals surface area contributed by atoms with Crippen LogP contribution >= 0.6 is 36.2 Å². The van der Waals surface area contributed by atoms with Crippen molar-refractivity contribution in [3.05, 3.63) is 34.8 Å². The molecule has 2 N–H and O–H groups in total. The van der Waals surface area contributed by atoms with Crippen LogP contribution in [0.1, 0.15) is 35.8 Å². The number of nitrogens with zero attached hydrogens (tertiary/aromatic N) is 3. The third-order valence-corrected chi connectivity index (χ3v) is 5.96. The second-order valence-corrected chi connectivity index (χ2v) is 7.85. The molecule has 0 saturated carbocycles. The van der Waals surface area contributed by atoms with Gasteiger partial charge in [0.1, 0.15) is 0 Å². The van der Waals surface area contributed by atoms with Crippen LogP contribution in [0.2, 0.25) is 0 Å². The van der Waals surface area contributed by atoms with Gasteiger partial charge in [0.25, 0.3) is 5.91 Å². The summed E-state index contributed by atoms with van der Waals surface area (Å²) in [4.78, 5) is 19.0. The Bertz CT molecular complexity index is 957. The van der Waals surface area contributed by atoms with Gasteiger partial charge in [-0.15, -0.1) is 36.2 Å². The average Bonchev–Trinajstić information content (AvgIpc) is 3.25. The molecule has 28 heavy (non-hydrogen) atoms. The fourth-order valence-electron chi connectivity index (χ4n) is 3.66. The van der Waals surface area contributed by atoms with Crippen LogP contribution in [0.15, 0.2) is 23.6 Å². The maximum atomic E-state index is 13.2. The van der Waals surface area contributed by atoms with Crippen LogP contribution in [-0.4, -0.2) is 39.3 Å². The van der Waals surface area contributed by atoms with Gasteiger partial charge in [0, 0.05) is 19.1 Å². The summed E-state index contributed by atoms with van der Waals surface area (Å²) in [6.07, 6.45) is 2.07. The number of aryl methyl sites for hydroxylation is 2. The molecular formula is C19H25Cl2N5OS. The molecular weight excluding hydrogens is 417 g/mol. The predicted molar refractivity (Wildman–Crippen MR) is 119 cm³/mol. The quantitative estimate of drug-likeness (QED) is 0.649. The third-order valence-electron chi connectivity index (χ3n) is 5.07. The summed E-state index contributed by atoms with van der Waals surface area (Å²) in [5.41, 5.74) is 3.04. The summed E-state index contributed by atoms with van der Waals surface area (Å²) >= 11 is 1.62. The number of piperidine rings is 1. The number of hydrogen-bond acceptors (Lipinski definition) is 5. The molecule has 4 rings (SSSR count). The molecule has 2 unspecified atom stereocenters. The molecule has 2 atom stereocenters. The van der Waals surface area contributed by atoms with Gasteiger partial charge in [-0.3, -0.25) is 9.48 Å². The Labute approximate surface area is 180 Å². The molecule has 1 aliphatic heterocycles. The fourth-order valence-corrected chi connectivity index (χ4v) is 4.35. The fraction of sp³-hybridized carbons (Fsp3) is 0.421. The topological polar surface area (TPSA) is 71.8 Å². The SMILES string of the molecule is Cc1nn(C)c2nc(-c3cccs3)cc(C(=O)NC3CCCNC3C)c12.Cl.Cl. The van der Waals surface area contributed by atoms with E-state index in [2.05, 4.69) is 22.7 Å². The lowest BCUT2D eigenvalue weighted by molar-refractivity contribution is 0.0921. The Morgan fingerprint density at radius 3 is 2.86 bits per heavy atom. The minimum atomic E-state index is -0.0492. The normalized spacial score (nSPS) is 19.0. The van der Waals surface area contributed by atoms with Gasteiger partial charge in [0.05, 0.1) is 27.2 Å². The van der Waals surface area contributed by atoms with E-state index in [0.717, 1.165) is 46.7 Å². The highest BCUT2D eigenvalue weighted by atomic mass is 35.5. The van der Waals surface area contributed by atoms with Crippen LogP contribution in [0.5, 0.6) is 0 Å². The summed E-state index contributed by atoms with van der Waals surface area (Å²) in [5.74, 6) is -0.0492. The van der Waals surface area contributed by atoms with Gasteiger partial charge < -0.3 is 10.6 Å². The van der Waals surface area contributed by atoms with E-state index >= 15 is 0 Å². The number of carbonyl (C=O) groups is 1. The summed E-state index contributed by atoms with van der Waals surface area (Å²) < 4.78 is 1.75. The smallest absolute Gasteiger partial charge is 0.252 e. The lowest BCUT2D eigenvalue weighted by atomic mass is 9.99. The number of rotatable bonds is 3. The van der Waals surface area contributed by atoms with E-state index in [1.54, 1.807) is 16.0 Å². The Kier molecular flexibility index (Phi) is 7.45. The van der Waals surface area contributed by atoms with Gasteiger partial charge in [0.15, 0.2) is 5.65 Å². The second-order valence-electron chi connectivity index (χ2n) is 6.90. The van der Waals surface area contributed by atoms with Crippen molar-refractivity contribution >= 4 is 53.1 Å². The van der Waals surface area contributed by atoms with E-state index in [0.29, 0.717) is 5.56 Å². The maximum absolute atomic E-state index is 13.2. The van der Waals surface area contributed by atoms with Gasteiger partial charge in [0.2, 0.25) is 0 Å². The molecule has 152 valence electrons.